The molecule has 8 heteroatoms. The van der Waals surface area contributed by atoms with Gasteiger partial charge in [-0.25, -0.2) is 9.59 Å². The highest BCUT2D eigenvalue weighted by molar-refractivity contribution is 5.91. The maximum absolute atomic E-state index is 12.2. The van der Waals surface area contributed by atoms with Crippen molar-refractivity contribution in [2.24, 2.45) is 11.7 Å². The van der Waals surface area contributed by atoms with Crippen molar-refractivity contribution in [1.29, 1.82) is 0 Å². The van der Waals surface area contributed by atoms with Gasteiger partial charge in [-0.15, -0.1) is 0 Å². The highest BCUT2D eigenvalue weighted by atomic mass is 16.5. The van der Waals surface area contributed by atoms with Gasteiger partial charge in [-0.2, -0.15) is 0 Å². The van der Waals surface area contributed by atoms with Gasteiger partial charge in [-0.05, 0) is 0 Å². The number of nitrogens with zero attached hydrogens (tertiary/aromatic N) is 1. The van der Waals surface area contributed by atoms with Gasteiger partial charge in [-0.1, -0.05) is 13.8 Å². The van der Waals surface area contributed by atoms with E-state index in [1.807, 2.05) is 0 Å². The van der Waals surface area contributed by atoms with E-state index in [1.54, 1.807) is 13.8 Å². The third-order valence-electron chi connectivity index (χ3n) is 3.43. The third-order valence-corrected chi connectivity index (χ3v) is 3.43. The van der Waals surface area contributed by atoms with Gasteiger partial charge in [0.05, 0.1) is 13.7 Å². The minimum atomic E-state index is -0.711. The van der Waals surface area contributed by atoms with Crippen molar-refractivity contribution >= 4 is 23.8 Å². The van der Waals surface area contributed by atoms with E-state index >= 15 is 0 Å². The molecule has 0 aromatic carbocycles. The van der Waals surface area contributed by atoms with Crippen LogP contribution in [0.3, 0.4) is 0 Å². The first kappa shape index (κ1) is 18.7. The van der Waals surface area contributed by atoms with E-state index in [-0.39, 0.29) is 30.8 Å². The summed E-state index contributed by atoms with van der Waals surface area (Å²) < 4.78 is 9.57. The normalized spacial score (nSPS) is 20.8. The van der Waals surface area contributed by atoms with Crippen molar-refractivity contribution in [2.45, 2.75) is 38.8 Å². The van der Waals surface area contributed by atoms with E-state index in [1.165, 1.54) is 12.0 Å². The Kier molecular flexibility index (Phi) is 6.74. The highest BCUT2D eigenvalue weighted by Crippen LogP contribution is 2.25. The predicted molar refractivity (Wildman–Crippen MR) is 79.8 cm³/mol. The number of amides is 2. The number of esters is 2. The summed E-state index contributed by atoms with van der Waals surface area (Å²) in [6.07, 6.45) is 1.72. The fourth-order valence-corrected chi connectivity index (χ4v) is 2.39. The van der Waals surface area contributed by atoms with Gasteiger partial charge in [-0.3, -0.25) is 9.59 Å². The summed E-state index contributed by atoms with van der Waals surface area (Å²) in [5.74, 6) is -2.26. The van der Waals surface area contributed by atoms with Crippen LogP contribution in [0.5, 0.6) is 0 Å². The van der Waals surface area contributed by atoms with Crippen LogP contribution in [-0.2, 0) is 28.7 Å². The predicted octanol–water partition coefficient (Wildman–Crippen LogP) is -0.240. The second-order valence-corrected chi connectivity index (χ2v) is 5.62. The number of carbonyl (C=O) groups excluding carboxylic acids is 4. The smallest absolute Gasteiger partial charge is 0.331 e. The minimum Gasteiger partial charge on any atom is -0.466 e. The molecule has 0 unspecified atom stereocenters. The molecule has 0 aliphatic carbocycles. The summed E-state index contributed by atoms with van der Waals surface area (Å²) in [4.78, 5) is 47.4. The van der Waals surface area contributed by atoms with Crippen LogP contribution in [0.15, 0.2) is 12.2 Å². The molecule has 0 bridgehead atoms. The number of rotatable bonds is 6. The molecular formula is C15H22N2O6. The second kappa shape index (κ2) is 8.30. The van der Waals surface area contributed by atoms with Crippen molar-refractivity contribution in [3.8, 4) is 0 Å². The zero-order chi connectivity index (χ0) is 17.6. The number of nitrogens with two attached hydrogens (primary N) is 1. The van der Waals surface area contributed by atoms with Gasteiger partial charge < -0.3 is 20.1 Å². The molecule has 0 saturated carbocycles. The molecule has 23 heavy (non-hydrogen) atoms. The molecule has 0 aromatic heterocycles. The molecule has 0 spiro atoms. The lowest BCUT2D eigenvalue weighted by Gasteiger charge is -2.25. The lowest BCUT2D eigenvalue weighted by Crippen LogP contribution is -2.40. The lowest BCUT2D eigenvalue weighted by molar-refractivity contribution is -0.144. The summed E-state index contributed by atoms with van der Waals surface area (Å²) in [7, 11) is 1.19. The van der Waals surface area contributed by atoms with Gasteiger partial charge in [0.15, 0.2) is 0 Å². The molecule has 128 valence electrons. The van der Waals surface area contributed by atoms with Gasteiger partial charge in [0.2, 0.25) is 11.8 Å². The standard InChI is InChI=1S/C15H22N2O6/c1-9(2)15(21)17-8-11(6-10(17)7-12(16)18)23-14(20)5-4-13(19)22-3/h4-5,9-11H,6-8H2,1-3H3,(H2,16,18)/b5-4+/t10-,11+/m0/s1. The summed E-state index contributed by atoms with van der Waals surface area (Å²) in [5.41, 5.74) is 5.21. The van der Waals surface area contributed by atoms with Gasteiger partial charge in [0.1, 0.15) is 6.10 Å². The van der Waals surface area contributed by atoms with Crippen LogP contribution in [0.2, 0.25) is 0 Å². The Morgan fingerprint density at radius 2 is 1.83 bits per heavy atom. The Morgan fingerprint density at radius 1 is 1.22 bits per heavy atom. The fourth-order valence-electron chi connectivity index (χ4n) is 2.39. The van der Waals surface area contributed by atoms with Crippen LogP contribution in [0.4, 0.5) is 0 Å². The van der Waals surface area contributed by atoms with E-state index in [4.69, 9.17) is 10.5 Å². The largest absolute Gasteiger partial charge is 0.466 e. The quantitative estimate of drug-likeness (QED) is 0.532. The summed E-state index contributed by atoms with van der Waals surface area (Å²) in [5, 5.41) is 0. The summed E-state index contributed by atoms with van der Waals surface area (Å²) >= 11 is 0. The first-order valence-corrected chi connectivity index (χ1v) is 7.30. The minimum absolute atomic E-state index is 0.0184. The molecule has 2 N–H and O–H groups in total. The number of methoxy groups -OCH3 is 1. The lowest BCUT2D eigenvalue weighted by atomic mass is 10.1. The molecule has 0 aromatic rings. The van der Waals surface area contributed by atoms with Crippen LogP contribution in [0, 0.1) is 5.92 Å². The van der Waals surface area contributed by atoms with Gasteiger partial charge in [0, 0.05) is 37.0 Å². The number of hydrogen-bond donors (Lipinski definition) is 1. The Hall–Kier alpha value is -2.38. The van der Waals surface area contributed by atoms with Gasteiger partial charge in [0.25, 0.3) is 0 Å². The molecule has 1 rings (SSSR count). The molecule has 2 amide bonds. The molecule has 1 aliphatic heterocycles. The Bertz CT molecular complexity index is 514. The number of primary amides is 1. The second-order valence-electron chi connectivity index (χ2n) is 5.62. The van der Waals surface area contributed by atoms with Crippen LogP contribution in [-0.4, -0.2) is 54.5 Å². The number of hydrogen-bond acceptors (Lipinski definition) is 6. The van der Waals surface area contributed by atoms with Crippen molar-refractivity contribution < 1.29 is 28.7 Å². The molecule has 1 heterocycles. The Balaban J connectivity index is 2.70. The monoisotopic (exact) mass is 326 g/mol. The third kappa shape index (κ3) is 5.72. The topological polar surface area (TPSA) is 116 Å². The van der Waals surface area contributed by atoms with Crippen LogP contribution in [0.25, 0.3) is 0 Å². The van der Waals surface area contributed by atoms with Crippen LogP contribution >= 0.6 is 0 Å². The van der Waals surface area contributed by atoms with Crippen LogP contribution in [0.1, 0.15) is 26.7 Å². The van der Waals surface area contributed by atoms with Crippen molar-refractivity contribution in [3.63, 3.8) is 0 Å². The first-order valence-electron chi connectivity index (χ1n) is 7.30. The zero-order valence-corrected chi connectivity index (χ0v) is 13.5. The molecule has 1 saturated heterocycles. The van der Waals surface area contributed by atoms with Gasteiger partial charge >= 0.3 is 11.9 Å². The SMILES string of the molecule is COC(=O)/C=C/C(=O)O[C@@H]1C[C@@H](CC(N)=O)N(C(=O)C(C)C)C1. The number of ether oxygens (including phenoxy) is 2. The van der Waals surface area contributed by atoms with Crippen molar-refractivity contribution in [3.05, 3.63) is 12.2 Å². The van der Waals surface area contributed by atoms with E-state index in [9.17, 15) is 19.2 Å². The maximum Gasteiger partial charge on any atom is 0.331 e. The maximum atomic E-state index is 12.2. The number of likely N-dealkylation sites (tertiary alicyclic amines) is 1. The van der Waals surface area contributed by atoms with E-state index < -0.39 is 23.9 Å². The zero-order valence-electron chi connectivity index (χ0n) is 13.5. The molecule has 2 atom stereocenters. The van der Waals surface area contributed by atoms with Crippen molar-refractivity contribution in [1.82, 2.24) is 4.90 Å². The van der Waals surface area contributed by atoms with E-state index in [2.05, 4.69) is 4.74 Å². The average molecular weight is 326 g/mol. The molecular weight excluding hydrogens is 304 g/mol. The van der Waals surface area contributed by atoms with E-state index in [0.29, 0.717) is 6.42 Å². The van der Waals surface area contributed by atoms with Crippen LogP contribution < -0.4 is 5.73 Å². The van der Waals surface area contributed by atoms with Crippen molar-refractivity contribution in [2.75, 3.05) is 13.7 Å². The fraction of sp³-hybridized carbons (Fsp3) is 0.600. The molecule has 1 fully saturated rings. The highest BCUT2D eigenvalue weighted by Gasteiger charge is 2.38. The van der Waals surface area contributed by atoms with E-state index in [0.717, 1.165) is 12.2 Å². The Morgan fingerprint density at radius 3 is 2.35 bits per heavy atom. The molecule has 8 nitrogen and oxygen atoms in total. The summed E-state index contributed by atoms with van der Waals surface area (Å²) in [6.45, 7) is 3.71. The molecule has 0 radical (unpaired) electrons. The molecule has 1 aliphatic rings. The average Bonchev–Trinajstić information content (AvgIpc) is 2.85. The number of carbonyl (C=O) groups is 4. The Labute approximate surface area is 134 Å². The summed E-state index contributed by atoms with van der Waals surface area (Å²) in [6, 6.07) is -0.384. The first-order chi connectivity index (χ1) is 10.7.